The van der Waals surface area contributed by atoms with E-state index in [1.54, 1.807) is 7.11 Å². The van der Waals surface area contributed by atoms with Crippen LogP contribution in [0, 0.1) is 18.8 Å². The molecule has 0 saturated heterocycles. The van der Waals surface area contributed by atoms with Gasteiger partial charge in [-0.1, -0.05) is 26.0 Å². The van der Waals surface area contributed by atoms with E-state index in [1.165, 1.54) is 30.4 Å². The summed E-state index contributed by atoms with van der Waals surface area (Å²) in [7, 11) is 1.74. The molecule has 2 atom stereocenters. The molecule has 1 fully saturated rings. The molecule has 0 amide bonds. The van der Waals surface area contributed by atoms with E-state index < -0.39 is 0 Å². The summed E-state index contributed by atoms with van der Waals surface area (Å²) in [6, 6.07) is 7.09. The lowest BCUT2D eigenvalue weighted by Gasteiger charge is -2.26. The largest absolute Gasteiger partial charge is 0.496 e. The first kappa shape index (κ1) is 14.4. The summed E-state index contributed by atoms with van der Waals surface area (Å²) >= 11 is 0. The van der Waals surface area contributed by atoms with Crippen molar-refractivity contribution in [3.8, 4) is 5.75 Å². The second-order valence-electron chi connectivity index (χ2n) is 5.86. The minimum Gasteiger partial charge on any atom is -0.496 e. The van der Waals surface area contributed by atoms with Gasteiger partial charge in [-0.2, -0.15) is 0 Å². The first-order valence-electron chi connectivity index (χ1n) is 7.55. The van der Waals surface area contributed by atoms with E-state index in [0.717, 1.165) is 24.1 Å². The maximum atomic E-state index is 5.36. The molecule has 19 heavy (non-hydrogen) atoms. The van der Waals surface area contributed by atoms with Gasteiger partial charge in [-0.15, -0.1) is 0 Å². The van der Waals surface area contributed by atoms with Gasteiger partial charge in [0.2, 0.25) is 0 Å². The predicted octanol–water partition coefficient (Wildman–Crippen LogP) is 4.09. The molecule has 1 aliphatic carbocycles. The first-order chi connectivity index (χ1) is 9.17. The van der Waals surface area contributed by atoms with Gasteiger partial charge in [0, 0.05) is 6.04 Å². The quantitative estimate of drug-likeness (QED) is 0.798. The zero-order valence-corrected chi connectivity index (χ0v) is 12.7. The zero-order chi connectivity index (χ0) is 13.8. The van der Waals surface area contributed by atoms with Crippen LogP contribution in [0.4, 0.5) is 0 Å². The highest BCUT2D eigenvalue weighted by atomic mass is 16.5. The third-order valence-corrected chi connectivity index (χ3v) is 4.28. The van der Waals surface area contributed by atoms with Gasteiger partial charge in [-0.3, -0.25) is 0 Å². The molecule has 106 valence electrons. The van der Waals surface area contributed by atoms with Gasteiger partial charge in [0.05, 0.1) is 7.11 Å². The molecule has 0 aromatic heterocycles. The van der Waals surface area contributed by atoms with E-state index in [0.29, 0.717) is 6.04 Å². The fourth-order valence-electron chi connectivity index (χ4n) is 2.90. The number of benzene rings is 1. The van der Waals surface area contributed by atoms with E-state index >= 15 is 0 Å². The van der Waals surface area contributed by atoms with Gasteiger partial charge in [-0.05, 0) is 61.8 Å². The Morgan fingerprint density at radius 3 is 2.63 bits per heavy atom. The Labute approximate surface area is 117 Å². The number of hydrogen-bond acceptors (Lipinski definition) is 2. The Morgan fingerprint density at radius 1 is 1.37 bits per heavy atom. The third kappa shape index (κ3) is 3.50. The fraction of sp³-hybridized carbons (Fsp3) is 0.647. The summed E-state index contributed by atoms with van der Waals surface area (Å²) in [4.78, 5) is 0. The van der Waals surface area contributed by atoms with E-state index in [-0.39, 0.29) is 0 Å². The van der Waals surface area contributed by atoms with Crippen LogP contribution in [-0.2, 0) is 0 Å². The van der Waals surface area contributed by atoms with Gasteiger partial charge < -0.3 is 10.1 Å². The predicted molar refractivity (Wildman–Crippen MR) is 80.7 cm³/mol. The highest BCUT2D eigenvalue weighted by molar-refractivity contribution is 5.37. The maximum absolute atomic E-state index is 5.36. The Hall–Kier alpha value is -1.02. The van der Waals surface area contributed by atoms with Crippen LogP contribution < -0.4 is 10.1 Å². The van der Waals surface area contributed by atoms with Gasteiger partial charge in [0.1, 0.15) is 5.75 Å². The monoisotopic (exact) mass is 261 g/mol. The number of rotatable bonds is 7. The highest BCUT2D eigenvalue weighted by Crippen LogP contribution is 2.43. The molecule has 0 heterocycles. The molecule has 0 aliphatic heterocycles. The molecule has 1 N–H and O–H groups in total. The molecule has 2 rings (SSSR count). The zero-order valence-electron chi connectivity index (χ0n) is 12.7. The van der Waals surface area contributed by atoms with Gasteiger partial charge in [0.25, 0.3) is 0 Å². The van der Waals surface area contributed by atoms with Crippen molar-refractivity contribution in [3.63, 3.8) is 0 Å². The average molecular weight is 261 g/mol. The van der Waals surface area contributed by atoms with Crippen molar-refractivity contribution in [2.75, 3.05) is 13.7 Å². The Bertz CT molecular complexity index is 412. The van der Waals surface area contributed by atoms with Crippen LogP contribution in [0.2, 0.25) is 0 Å². The van der Waals surface area contributed by atoms with Crippen molar-refractivity contribution in [3.05, 3.63) is 29.3 Å². The number of nitrogens with one attached hydrogen (secondary N) is 1. The SMILES string of the molecule is CCCNC(c1ccc(OC)c(C)c1)C(C)C1CC1. The van der Waals surface area contributed by atoms with Crippen molar-refractivity contribution < 1.29 is 4.74 Å². The van der Waals surface area contributed by atoms with Crippen LogP contribution in [0.15, 0.2) is 18.2 Å². The fourth-order valence-corrected chi connectivity index (χ4v) is 2.90. The third-order valence-electron chi connectivity index (χ3n) is 4.28. The lowest BCUT2D eigenvalue weighted by atomic mass is 9.89. The van der Waals surface area contributed by atoms with Gasteiger partial charge >= 0.3 is 0 Å². The van der Waals surface area contributed by atoms with Crippen molar-refractivity contribution in [2.45, 2.75) is 46.1 Å². The van der Waals surface area contributed by atoms with Crippen LogP contribution in [0.3, 0.4) is 0 Å². The number of aryl methyl sites for hydroxylation is 1. The second kappa shape index (κ2) is 6.42. The Kier molecular flexibility index (Phi) is 4.87. The second-order valence-corrected chi connectivity index (χ2v) is 5.86. The molecular weight excluding hydrogens is 234 g/mol. The lowest BCUT2D eigenvalue weighted by Crippen LogP contribution is -2.28. The van der Waals surface area contributed by atoms with Crippen molar-refractivity contribution in [1.29, 1.82) is 0 Å². The molecule has 0 bridgehead atoms. The average Bonchev–Trinajstić information content (AvgIpc) is 3.23. The molecule has 1 aliphatic rings. The molecule has 0 spiro atoms. The van der Waals surface area contributed by atoms with Gasteiger partial charge in [-0.25, -0.2) is 0 Å². The van der Waals surface area contributed by atoms with E-state index in [2.05, 4.69) is 44.3 Å². The standard InChI is InChI=1S/C17H27NO/c1-5-10-18-17(13(3)14-6-7-14)15-8-9-16(19-4)12(2)11-15/h8-9,11,13-14,17-18H,5-7,10H2,1-4H3. The Balaban J connectivity index is 2.18. The topological polar surface area (TPSA) is 21.3 Å². The minimum absolute atomic E-state index is 0.483. The van der Waals surface area contributed by atoms with Crippen LogP contribution in [0.25, 0.3) is 0 Å². The lowest BCUT2D eigenvalue weighted by molar-refractivity contribution is 0.349. The van der Waals surface area contributed by atoms with E-state index in [1.807, 2.05) is 0 Å². The summed E-state index contributed by atoms with van der Waals surface area (Å²) in [6.07, 6.45) is 3.99. The summed E-state index contributed by atoms with van der Waals surface area (Å²) in [6.45, 7) is 7.84. The summed E-state index contributed by atoms with van der Waals surface area (Å²) < 4.78 is 5.36. The molecular formula is C17H27NO. The summed E-state index contributed by atoms with van der Waals surface area (Å²) in [5, 5.41) is 3.73. The van der Waals surface area contributed by atoms with Crippen molar-refractivity contribution in [2.24, 2.45) is 11.8 Å². The van der Waals surface area contributed by atoms with Crippen LogP contribution >= 0.6 is 0 Å². The van der Waals surface area contributed by atoms with Gasteiger partial charge in [0.15, 0.2) is 0 Å². The molecule has 1 aromatic rings. The molecule has 2 heteroatoms. The molecule has 2 nitrogen and oxygen atoms in total. The molecule has 1 aromatic carbocycles. The maximum Gasteiger partial charge on any atom is 0.121 e. The Morgan fingerprint density at radius 2 is 2.11 bits per heavy atom. The first-order valence-corrected chi connectivity index (χ1v) is 7.55. The van der Waals surface area contributed by atoms with Crippen LogP contribution in [0.1, 0.15) is 50.3 Å². The van der Waals surface area contributed by atoms with E-state index in [4.69, 9.17) is 4.74 Å². The van der Waals surface area contributed by atoms with Crippen molar-refractivity contribution in [1.82, 2.24) is 5.32 Å². The van der Waals surface area contributed by atoms with Crippen LogP contribution in [-0.4, -0.2) is 13.7 Å². The van der Waals surface area contributed by atoms with E-state index in [9.17, 15) is 0 Å². The normalized spacial score (nSPS) is 18.1. The number of hydrogen-bond donors (Lipinski definition) is 1. The number of methoxy groups -OCH3 is 1. The minimum atomic E-state index is 0.483. The van der Waals surface area contributed by atoms with Crippen LogP contribution in [0.5, 0.6) is 5.75 Å². The van der Waals surface area contributed by atoms with Crippen molar-refractivity contribution >= 4 is 0 Å². The highest BCUT2D eigenvalue weighted by Gasteiger charge is 2.33. The smallest absolute Gasteiger partial charge is 0.121 e. The molecule has 0 radical (unpaired) electrons. The summed E-state index contributed by atoms with van der Waals surface area (Å²) in [5.74, 6) is 2.62. The number of ether oxygens (including phenoxy) is 1. The molecule has 2 unspecified atom stereocenters. The molecule has 1 saturated carbocycles. The summed E-state index contributed by atoms with van der Waals surface area (Å²) in [5.41, 5.74) is 2.64.